The van der Waals surface area contributed by atoms with E-state index >= 15 is 0 Å². The molecule has 4 unspecified atom stereocenters. The summed E-state index contributed by atoms with van der Waals surface area (Å²) in [7, 11) is -0.743. The number of nitrogens with zero attached hydrogens (tertiary/aromatic N) is 1. The largest absolute Gasteiger partial charge is 0.456 e. The van der Waals surface area contributed by atoms with Gasteiger partial charge in [0.1, 0.15) is 23.7 Å². The molecule has 3 aliphatic heterocycles. The van der Waals surface area contributed by atoms with Gasteiger partial charge in [-0.2, -0.15) is 0 Å². The molecule has 71 heavy (non-hydrogen) atoms. The summed E-state index contributed by atoms with van der Waals surface area (Å²) < 4.78 is 28.7. The van der Waals surface area contributed by atoms with Gasteiger partial charge in [0, 0.05) is 38.2 Å². The van der Waals surface area contributed by atoms with E-state index in [-0.39, 0.29) is 47.9 Å². The van der Waals surface area contributed by atoms with Gasteiger partial charge in [0.2, 0.25) is 12.7 Å². The van der Waals surface area contributed by atoms with Gasteiger partial charge in [-0.25, -0.2) is 4.79 Å². The molecule has 1 N–H and O–H groups in total. The molecular weight excluding hydrogens is 933 g/mol. The lowest BCUT2D eigenvalue weighted by atomic mass is 9.85. The van der Waals surface area contributed by atoms with E-state index in [0.29, 0.717) is 23.5 Å². The standard InChI is InChI=1S/C40H36N2O6S.C18H28O3S/c1-25-18-20-27(21-19-25)22-33(43)41-34-38(46)42-35(40(47)48-24-28-12-6-3-7-13-28)26(2)32(49-39(34)42)23-31(36(44)29-14-8-4-9-15-29)37(45)30-16-10-5-11-17-30;1-3-4-5-6-7-8-11-22(19)15(2)12-16-9-10-17-18(13-16)21-14-20-17/h3-21,31-32,34,39H,22-24H2,1-2H3,(H,41,43);9-10,13,15H,3-8,11-12,14H2,1-2H3/t32?,34?,39-;/m1./s1. The van der Waals surface area contributed by atoms with Crippen molar-refractivity contribution in [3.8, 4) is 11.5 Å². The average molecular weight is 997 g/mol. The summed E-state index contributed by atoms with van der Waals surface area (Å²) in [6.07, 6.45) is 8.49. The topological polar surface area (TPSA) is 145 Å². The van der Waals surface area contributed by atoms with Crippen molar-refractivity contribution in [3.05, 3.63) is 178 Å². The van der Waals surface area contributed by atoms with Crippen molar-refractivity contribution in [3.63, 3.8) is 0 Å². The fourth-order valence-corrected chi connectivity index (χ4v) is 11.8. The van der Waals surface area contributed by atoms with Gasteiger partial charge >= 0.3 is 5.97 Å². The van der Waals surface area contributed by atoms with Crippen LogP contribution in [0.2, 0.25) is 0 Å². The van der Waals surface area contributed by atoms with Crippen LogP contribution in [0.3, 0.4) is 0 Å². The van der Waals surface area contributed by atoms with E-state index in [1.165, 1.54) is 54.3 Å². The van der Waals surface area contributed by atoms with Crippen LogP contribution >= 0.6 is 11.8 Å². The lowest BCUT2D eigenvalue weighted by Crippen LogP contribution is -2.71. The Kier molecular flexibility index (Phi) is 19.0. The molecule has 5 atom stereocenters. The zero-order valence-electron chi connectivity index (χ0n) is 41.0. The first kappa shape index (κ1) is 52.5. The molecule has 0 radical (unpaired) electrons. The van der Waals surface area contributed by atoms with Crippen molar-refractivity contribution in [2.24, 2.45) is 5.92 Å². The Morgan fingerprint density at radius 3 is 1.99 bits per heavy atom. The Morgan fingerprint density at radius 2 is 1.34 bits per heavy atom. The molecule has 13 heteroatoms. The molecular formula is C58H64N2O9S2. The van der Waals surface area contributed by atoms with Crippen LogP contribution in [0.4, 0.5) is 0 Å². The number of thioether (sulfide) groups is 1. The molecule has 3 aliphatic rings. The van der Waals surface area contributed by atoms with Crippen molar-refractivity contribution in [1.29, 1.82) is 0 Å². The fourth-order valence-electron chi connectivity index (χ4n) is 8.86. The third-order valence-corrected chi connectivity index (χ3v) is 16.4. The predicted octanol–water partition coefficient (Wildman–Crippen LogP) is 10.6. The summed E-state index contributed by atoms with van der Waals surface area (Å²) >= 11 is 1.36. The number of ketones is 2. The molecule has 3 heterocycles. The van der Waals surface area contributed by atoms with Crippen LogP contribution in [0.15, 0.2) is 145 Å². The molecule has 5 aromatic rings. The van der Waals surface area contributed by atoms with Crippen LogP contribution in [-0.4, -0.2) is 72.9 Å². The summed E-state index contributed by atoms with van der Waals surface area (Å²) in [5.74, 6) is -0.692. The van der Waals surface area contributed by atoms with Gasteiger partial charge < -0.3 is 19.5 Å². The van der Waals surface area contributed by atoms with Crippen LogP contribution in [-0.2, 0) is 49.4 Å². The number of hydrogen-bond acceptors (Lipinski definition) is 10. The Bertz CT molecular complexity index is 2630. The lowest BCUT2D eigenvalue weighted by Gasteiger charge is -2.51. The van der Waals surface area contributed by atoms with E-state index in [4.69, 9.17) is 14.2 Å². The second-order valence-corrected chi connectivity index (χ2v) is 21.6. The number of aryl methyl sites for hydroxylation is 1. The highest BCUT2D eigenvalue weighted by molar-refractivity contribution is 8.00. The van der Waals surface area contributed by atoms with Crippen molar-refractivity contribution in [2.75, 3.05) is 12.5 Å². The molecule has 2 amide bonds. The Balaban J connectivity index is 0.000000281. The zero-order chi connectivity index (χ0) is 50.3. The third-order valence-electron chi connectivity index (χ3n) is 13.0. The van der Waals surface area contributed by atoms with Crippen LogP contribution < -0.4 is 14.8 Å². The monoisotopic (exact) mass is 996 g/mol. The van der Waals surface area contributed by atoms with Crippen molar-refractivity contribution < 1.29 is 42.4 Å². The molecule has 1 fully saturated rings. The Labute approximate surface area is 424 Å². The molecule has 0 aromatic heterocycles. The molecule has 0 saturated carbocycles. The summed E-state index contributed by atoms with van der Waals surface area (Å²) in [6, 6.07) is 39.2. The van der Waals surface area contributed by atoms with Gasteiger partial charge in [-0.05, 0) is 67.5 Å². The predicted molar refractivity (Wildman–Crippen MR) is 280 cm³/mol. The quantitative estimate of drug-likeness (QED) is 0.0234. The first-order valence-corrected chi connectivity index (χ1v) is 26.9. The smallest absolute Gasteiger partial charge is 0.355 e. The number of amides is 2. The maximum Gasteiger partial charge on any atom is 0.355 e. The number of Topliss-reactive ketones (excluding diaryl/α,β-unsaturated/α-hetero) is 2. The Hall–Kier alpha value is -6.31. The van der Waals surface area contributed by atoms with Gasteiger partial charge in [0.15, 0.2) is 23.1 Å². The highest BCUT2D eigenvalue weighted by atomic mass is 32.2. The minimum Gasteiger partial charge on any atom is -0.456 e. The zero-order valence-corrected chi connectivity index (χ0v) is 42.6. The number of β-lactam (4-membered cyclic amide) rings is 1. The third kappa shape index (κ3) is 14.0. The molecule has 372 valence electrons. The highest BCUT2D eigenvalue weighted by Gasteiger charge is 2.56. The minimum absolute atomic E-state index is 0.000709. The number of fused-ring (bicyclic) bond motifs is 2. The number of hydrogen-bond donors (Lipinski definition) is 1. The van der Waals surface area contributed by atoms with E-state index in [2.05, 4.69) is 19.2 Å². The maximum absolute atomic E-state index is 14.0. The van der Waals surface area contributed by atoms with E-state index < -0.39 is 45.3 Å². The number of nitrogens with one attached hydrogen (secondary N) is 1. The fraction of sp³-hybridized carbons (Fsp3) is 0.362. The molecule has 0 bridgehead atoms. The minimum atomic E-state index is -1.06. The molecule has 11 nitrogen and oxygen atoms in total. The SMILES string of the molecule is CC1=C(C(=O)OCc2ccccc2)N2C(=O)C(NC(=O)Cc3ccc(C)cc3)[C@H]2SC1CC(C(=O)c1ccccc1)C(=O)c1ccccc1.CCCCCCCCS(=O)C(C)Cc1ccc2c(c1)OCO2. The average Bonchev–Trinajstić information content (AvgIpc) is 3.87. The van der Waals surface area contributed by atoms with Crippen LogP contribution in [0.1, 0.15) is 109 Å². The van der Waals surface area contributed by atoms with Gasteiger partial charge in [-0.1, -0.05) is 173 Å². The van der Waals surface area contributed by atoms with E-state index in [0.717, 1.165) is 46.8 Å². The summed E-state index contributed by atoms with van der Waals surface area (Å²) in [4.78, 5) is 69.8. The van der Waals surface area contributed by atoms with Gasteiger partial charge in [0.05, 0.1) is 12.3 Å². The first-order chi connectivity index (χ1) is 34.4. The van der Waals surface area contributed by atoms with Gasteiger partial charge in [-0.15, -0.1) is 11.8 Å². The summed E-state index contributed by atoms with van der Waals surface area (Å²) in [5, 5.41) is 1.91. The number of carbonyl (C=O) groups is 5. The second kappa shape index (κ2) is 25.7. The number of carbonyl (C=O) groups excluding carboxylic acids is 5. The first-order valence-electron chi connectivity index (χ1n) is 24.6. The lowest BCUT2D eigenvalue weighted by molar-refractivity contribution is -0.153. The molecule has 5 aromatic carbocycles. The summed E-state index contributed by atoms with van der Waals surface area (Å²) in [6.45, 7) is 8.31. The molecule has 0 spiro atoms. The van der Waals surface area contributed by atoms with Crippen LogP contribution in [0.25, 0.3) is 0 Å². The number of esters is 1. The van der Waals surface area contributed by atoms with Gasteiger partial charge in [-0.3, -0.25) is 28.3 Å². The summed E-state index contributed by atoms with van der Waals surface area (Å²) in [5.41, 5.74) is 5.26. The number of rotatable bonds is 22. The maximum atomic E-state index is 14.0. The Morgan fingerprint density at radius 1 is 0.746 bits per heavy atom. The normalized spacial score (nSPS) is 17.6. The van der Waals surface area contributed by atoms with E-state index in [9.17, 15) is 28.2 Å². The van der Waals surface area contributed by atoms with Gasteiger partial charge in [0.25, 0.3) is 5.91 Å². The van der Waals surface area contributed by atoms with Crippen molar-refractivity contribution in [1.82, 2.24) is 10.2 Å². The molecule has 1 saturated heterocycles. The number of ether oxygens (including phenoxy) is 3. The van der Waals surface area contributed by atoms with Crippen LogP contribution in [0, 0.1) is 12.8 Å². The second-order valence-electron chi connectivity index (χ2n) is 18.3. The van der Waals surface area contributed by atoms with Crippen LogP contribution in [0.5, 0.6) is 11.5 Å². The van der Waals surface area contributed by atoms with E-state index in [1.54, 1.807) is 67.6 Å². The van der Waals surface area contributed by atoms with E-state index in [1.807, 2.05) is 79.7 Å². The molecule has 0 aliphatic carbocycles. The number of benzene rings is 5. The molecule has 8 rings (SSSR count). The number of unbranched alkanes of at least 4 members (excludes halogenated alkanes) is 5. The van der Waals surface area contributed by atoms with Crippen molar-refractivity contribution >= 4 is 51.9 Å². The highest BCUT2D eigenvalue weighted by Crippen LogP contribution is 2.47. The van der Waals surface area contributed by atoms with Crippen molar-refractivity contribution in [2.45, 2.75) is 114 Å².